The molecular formula is C8H12N2O4S2. The quantitative estimate of drug-likeness (QED) is 0.799. The van der Waals surface area contributed by atoms with E-state index in [1.165, 1.54) is 11.3 Å². The van der Waals surface area contributed by atoms with Gasteiger partial charge in [-0.2, -0.15) is 0 Å². The fraction of sp³-hybridized carbons (Fsp3) is 0.500. The average molecular weight is 264 g/mol. The summed E-state index contributed by atoms with van der Waals surface area (Å²) in [5.74, 6) is -1.37. The lowest BCUT2D eigenvalue weighted by molar-refractivity contribution is -0.136. The molecule has 0 radical (unpaired) electrons. The van der Waals surface area contributed by atoms with E-state index >= 15 is 0 Å². The molecule has 0 saturated carbocycles. The number of carboxylic acid groups (broad SMARTS) is 1. The van der Waals surface area contributed by atoms with E-state index < -0.39 is 21.2 Å². The fourth-order valence-corrected chi connectivity index (χ4v) is 2.59. The Balaban J connectivity index is 2.69. The van der Waals surface area contributed by atoms with Gasteiger partial charge in [0.1, 0.15) is 0 Å². The molecule has 90 valence electrons. The zero-order valence-corrected chi connectivity index (χ0v) is 10.4. The molecular weight excluding hydrogens is 252 g/mol. The summed E-state index contributed by atoms with van der Waals surface area (Å²) in [6, 6.07) is 0. The van der Waals surface area contributed by atoms with Gasteiger partial charge in [-0.15, -0.1) is 11.3 Å². The molecule has 16 heavy (non-hydrogen) atoms. The lowest BCUT2D eigenvalue weighted by Crippen LogP contribution is -2.37. The molecule has 1 aromatic rings. The van der Waals surface area contributed by atoms with Crippen molar-refractivity contribution in [3.05, 3.63) is 16.1 Å². The molecule has 0 aromatic carbocycles. The van der Waals surface area contributed by atoms with Crippen molar-refractivity contribution in [3.8, 4) is 0 Å². The van der Waals surface area contributed by atoms with Crippen molar-refractivity contribution in [2.45, 2.75) is 25.6 Å². The second-order valence-electron chi connectivity index (χ2n) is 3.21. The lowest BCUT2D eigenvalue weighted by atomic mass is 10.4. The fourth-order valence-electron chi connectivity index (χ4n) is 0.920. The number of rotatable bonds is 5. The third-order valence-electron chi connectivity index (χ3n) is 2.09. The first-order valence-corrected chi connectivity index (χ1v) is 6.87. The number of carbonyl (C=O) groups is 1. The van der Waals surface area contributed by atoms with E-state index in [0.29, 0.717) is 0 Å². The van der Waals surface area contributed by atoms with Gasteiger partial charge in [-0.1, -0.05) is 0 Å². The molecule has 1 heterocycles. The molecule has 2 N–H and O–H groups in total. The summed E-state index contributed by atoms with van der Waals surface area (Å²) >= 11 is 1.32. The smallest absolute Gasteiger partial charge is 0.323 e. The topological polar surface area (TPSA) is 96.4 Å². The summed E-state index contributed by atoms with van der Waals surface area (Å²) in [5, 5.41) is 7.14. The van der Waals surface area contributed by atoms with Crippen molar-refractivity contribution >= 4 is 27.3 Å². The van der Waals surface area contributed by atoms with Crippen molar-refractivity contribution in [2.75, 3.05) is 0 Å². The van der Waals surface area contributed by atoms with Crippen LogP contribution in [-0.2, 0) is 21.4 Å². The van der Waals surface area contributed by atoms with E-state index in [2.05, 4.69) is 9.71 Å². The van der Waals surface area contributed by atoms with Crippen LogP contribution in [0.25, 0.3) is 0 Å². The molecule has 8 heteroatoms. The Labute approximate surface area is 97.4 Å². The Morgan fingerprint density at radius 2 is 2.31 bits per heavy atom. The minimum Gasteiger partial charge on any atom is -0.480 e. The van der Waals surface area contributed by atoms with Gasteiger partial charge in [0.05, 0.1) is 11.2 Å². The van der Waals surface area contributed by atoms with E-state index in [0.717, 1.165) is 17.5 Å². The number of aliphatic carboxylic acids is 1. The molecule has 1 rings (SSSR count). The van der Waals surface area contributed by atoms with Crippen LogP contribution in [0.5, 0.6) is 0 Å². The van der Waals surface area contributed by atoms with Gasteiger partial charge in [0.2, 0.25) is 10.0 Å². The Morgan fingerprint density at radius 3 is 2.75 bits per heavy atom. The monoisotopic (exact) mass is 264 g/mol. The van der Waals surface area contributed by atoms with Gasteiger partial charge < -0.3 is 5.11 Å². The first-order valence-electron chi connectivity index (χ1n) is 4.45. The zero-order chi connectivity index (χ0) is 12.3. The number of thiazole rings is 1. The van der Waals surface area contributed by atoms with Gasteiger partial charge in [-0.3, -0.25) is 4.79 Å². The predicted octanol–water partition coefficient (Wildman–Crippen LogP) is 0.344. The van der Waals surface area contributed by atoms with Crippen LogP contribution in [0.2, 0.25) is 0 Å². The first-order chi connectivity index (χ1) is 7.34. The molecule has 0 saturated heterocycles. The van der Waals surface area contributed by atoms with Gasteiger partial charge in [-0.05, 0) is 13.8 Å². The van der Waals surface area contributed by atoms with E-state index in [-0.39, 0.29) is 6.54 Å². The van der Waals surface area contributed by atoms with Crippen LogP contribution in [0.1, 0.15) is 17.5 Å². The van der Waals surface area contributed by atoms with Crippen LogP contribution in [0, 0.1) is 6.92 Å². The summed E-state index contributed by atoms with van der Waals surface area (Å²) in [5.41, 5.74) is 2.36. The van der Waals surface area contributed by atoms with Gasteiger partial charge in [0.15, 0.2) is 5.25 Å². The number of sulfonamides is 1. The third-order valence-corrected chi connectivity index (χ3v) is 4.71. The normalized spacial score (nSPS) is 13.6. The van der Waals surface area contributed by atoms with E-state index in [1.54, 1.807) is 12.4 Å². The number of nitrogens with zero attached hydrogens (tertiary/aromatic N) is 1. The van der Waals surface area contributed by atoms with E-state index in [4.69, 9.17) is 5.11 Å². The maximum atomic E-state index is 11.5. The SMILES string of the molecule is Cc1ncsc1CNS(=O)(=O)C(C)C(=O)O. The number of aromatic nitrogens is 1. The summed E-state index contributed by atoms with van der Waals surface area (Å²) in [4.78, 5) is 15.3. The van der Waals surface area contributed by atoms with E-state index in [1.807, 2.05) is 0 Å². The van der Waals surface area contributed by atoms with Gasteiger partial charge in [-0.25, -0.2) is 18.1 Å². The Bertz CT molecular complexity index is 480. The van der Waals surface area contributed by atoms with Gasteiger partial charge in [0, 0.05) is 11.4 Å². The van der Waals surface area contributed by atoms with Crippen molar-refractivity contribution in [1.82, 2.24) is 9.71 Å². The summed E-state index contributed by atoms with van der Waals surface area (Å²) in [6.07, 6.45) is 0. The standard InChI is InChI=1S/C8H12N2O4S2/c1-5-7(15-4-9-5)3-10-16(13,14)6(2)8(11)12/h4,6,10H,3H2,1-2H3,(H,11,12). The molecule has 0 amide bonds. The van der Waals surface area contributed by atoms with Crippen LogP contribution >= 0.6 is 11.3 Å². The average Bonchev–Trinajstić information content (AvgIpc) is 2.60. The van der Waals surface area contributed by atoms with E-state index in [9.17, 15) is 13.2 Å². The maximum absolute atomic E-state index is 11.5. The second-order valence-corrected chi connectivity index (χ2v) is 6.23. The highest BCUT2D eigenvalue weighted by atomic mass is 32.2. The third kappa shape index (κ3) is 3.00. The Kier molecular flexibility index (Phi) is 4.00. The highest BCUT2D eigenvalue weighted by molar-refractivity contribution is 7.90. The van der Waals surface area contributed by atoms with Gasteiger partial charge in [0.25, 0.3) is 0 Å². The summed E-state index contributed by atoms with van der Waals surface area (Å²) < 4.78 is 25.2. The molecule has 1 aromatic heterocycles. The summed E-state index contributed by atoms with van der Waals surface area (Å²) in [7, 11) is -3.82. The molecule has 0 fully saturated rings. The largest absolute Gasteiger partial charge is 0.480 e. The molecule has 0 aliphatic rings. The number of hydrogen-bond acceptors (Lipinski definition) is 5. The minimum atomic E-state index is -3.82. The van der Waals surface area contributed by atoms with Crippen LogP contribution in [0.4, 0.5) is 0 Å². The van der Waals surface area contributed by atoms with Crippen molar-refractivity contribution in [1.29, 1.82) is 0 Å². The minimum absolute atomic E-state index is 0.0798. The first kappa shape index (κ1) is 13.1. The van der Waals surface area contributed by atoms with Crippen molar-refractivity contribution in [2.24, 2.45) is 0 Å². The Morgan fingerprint density at radius 1 is 1.69 bits per heavy atom. The molecule has 0 aliphatic heterocycles. The Hall–Kier alpha value is -0.990. The molecule has 0 spiro atoms. The van der Waals surface area contributed by atoms with Crippen LogP contribution in [-0.4, -0.2) is 29.7 Å². The maximum Gasteiger partial charge on any atom is 0.323 e. The number of hydrogen-bond donors (Lipinski definition) is 2. The number of carboxylic acids is 1. The lowest BCUT2D eigenvalue weighted by Gasteiger charge is -2.09. The molecule has 1 atom stereocenters. The van der Waals surface area contributed by atoms with Crippen molar-refractivity contribution < 1.29 is 18.3 Å². The summed E-state index contributed by atoms with van der Waals surface area (Å²) in [6.45, 7) is 2.97. The zero-order valence-electron chi connectivity index (χ0n) is 8.80. The second kappa shape index (κ2) is 4.89. The predicted molar refractivity (Wildman–Crippen MR) is 59.7 cm³/mol. The van der Waals surface area contributed by atoms with Crippen LogP contribution < -0.4 is 4.72 Å². The molecule has 0 bridgehead atoms. The number of aryl methyl sites for hydroxylation is 1. The van der Waals surface area contributed by atoms with Crippen LogP contribution in [0.3, 0.4) is 0 Å². The van der Waals surface area contributed by atoms with Gasteiger partial charge >= 0.3 is 5.97 Å². The highest BCUT2D eigenvalue weighted by Gasteiger charge is 2.27. The molecule has 0 aliphatic carbocycles. The van der Waals surface area contributed by atoms with Crippen molar-refractivity contribution in [3.63, 3.8) is 0 Å². The molecule has 1 unspecified atom stereocenters. The highest BCUT2D eigenvalue weighted by Crippen LogP contribution is 2.12. The van der Waals surface area contributed by atoms with Crippen LogP contribution in [0.15, 0.2) is 5.51 Å². The molecule has 6 nitrogen and oxygen atoms in total. The number of nitrogens with one attached hydrogen (secondary N) is 1.